The molecular formula is C68H45N3O. The fourth-order valence-electron chi connectivity index (χ4n) is 11.2. The van der Waals surface area contributed by atoms with Gasteiger partial charge in [0, 0.05) is 55.7 Å². The summed E-state index contributed by atoms with van der Waals surface area (Å²) in [5.41, 5.74) is 16.1. The van der Waals surface area contributed by atoms with Crippen LogP contribution in [0.15, 0.2) is 277 Å². The summed E-state index contributed by atoms with van der Waals surface area (Å²) < 4.78 is 8.94. The Morgan fingerprint density at radius 1 is 0.306 bits per heavy atom. The van der Waals surface area contributed by atoms with Gasteiger partial charge in [0.15, 0.2) is 0 Å². The van der Waals surface area contributed by atoms with Gasteiger partial charge >= 0.3 is 0 Å². The van der Waals surface area contributed by atoms with E-state index in [9.17, 15) is 0 Å². The van der Waals surface area contributed by atoms with Gasteiger partial charge in [0.05, 0.1) is 22.1 Å². The number of rotatable bonds is 9. The summed E-state index contributed by atoms with van der Waals surface area (Å²) >= 11 is 0. The number of hydrogen-bond donors (Lipinski definition) is 0. The van der Waals surface area contributed by atoms with Crippen molar-refractivity contribution in [3.63, 3.8) is 0 Å². The number of aromatic nitrogens is 1. The fraction of sp³-hybridized carbons (Fsp3) is 0. The predicted octanol–water partition coefficient (Wildman–Crippen LogP) is 19.3. The first-order valence-electron chi connectivity index (χ1n) is 24.6. The number of hydrogen-bond acceptors (Lipinski definition) is 3. The molecule has 12 aromatic carbocycles. The van der Waals surface area contributed by atoms with Crippen molar-refractivity contribution in [3.8, 4) is 27.9 Å². The van der Waals surface area contributed by atoms with E-state index < -0.39 is 0 Å². The average Bonchev–Trinajstić information content (AvgIpc) is 4.01. The van der Waals surface area contributed by atoms with Gasteiger partial charge in [-0.2, -0.15) is 0 Å². The summed E-state index contributed by atoms with van der Waals surface area (Å²) in [6, 6.07) is 98.5. The lowest BCUT2D eigenvalue weighted by molar-refractivity contribution is 0.669. The van der Waals surface area contributed by atoms with E-state index in [0.717, 1.165) is 72.9 Å². The molecule has 2 aromatic heterocycles. The largest absolute Gasteiger partial charge is 0.456 e. The number of para-hydroxylation sites is 3. The van der Waals surface area contributed by atoms with Gasteiger partial charge in [-0.1, -0.05) is 182 Å². The molecule has 0 radical (unpaired) electrons. The van der Waals surface area contributed by atoms with Gasteiger partial charge in [-0.05, 0) is 129 Å². The summed E-state index contributed by atoms with van der Waals surface area (Å²) in [5.74, 6) is 0. The van der Waals surface area contributed by atoms with Crippen LogP contribution in [0.5, 0.6) is 0 Å². The predicted molar refractivity (Wildman–Crippen MR) is 303 cm³/mol. The number of nitrogens with zero attached hydrogens (tertiary/aromatic N) is 3. The number of benzene rings is 12. The molecule has 0 saturated heterocycles. The zero-order valence-corrected chi connectivity index (χ0v) is 39.2. The Morgan fingerprint density at radius 2 is 0.847 bits per heavy atom. The van der Waals surface area contributed by atoms with Crippen molar-refractivity contribution in [2.24, 2.45) is 0 Å². The van der Waals surface area contributed by atoms with Gasteiger partial charge in [0.25, 0.3) is 0 Å². The van der Waals surface area contributed by atoms with Gasteiger partial charge in [0.1, 0.15) is 11.2 Å². The van der Waals surface area contributed by atoms with Gasteiger partial charge in [-0.25, -0.2) is 0 Å². The zero-order chi connectivity index (χ0) is 47.5. The maximum Gasteiger partial charge on any atom is 0.137 e. The van der Waals surface area contributed by atoms with Crippen molar-refractivity contribution >= 4 is 99.4 Å². The van der Waals surface area contributed by atoms with Crippen molar-refractivity contribution < 1.29 is 4.42 Å². The number of anilines is 6. The van der Waals surface area contributed by atoms with Crippen LogP contribution in [0.2, 0.25) is 0 Å². The van der Waals surface area contributed by atoms with Crippen LogP contribution in [0.1, 0.15) is 0 Å². The molecule has 0 bridgehead atoms. The maximum atomic E-state index is 6.46. The summed E-state index contributed by atoms with van der Waals surface area (Å²) in [6.07, 6.45) is 0. The van der Waals surface area contributed by atoms with E-state index in [1.807, 2.05) is 12.1 Å². The molecule has 0 saturated carbocycles. The van der Waals surface area contributed by atoms with Gasteiger partial charge in [0.2, 0.25) is 0 Å². The molecule has 0 aliphatic carbocycles. The smallest absolute Gasteiger partial charge is 0.137 e. The molecule has 0 unspecified atom stereocenters. The molecule has 0 N–H and O–H groups in total. The quantitative estimate of drug-likeness (QED) is 0.144. The highest BCUT2D eigenvalue weighted by molar-refractivity contribution is 6.28. The normalized spacial score (nSPS) is 11.6. The van der Waals surface area contributed by atoms with E-state index in [1.165, 1.54) is 54.5 Å². The van der Waals surface area contributed by atoms with E-state index >= 15 is 0 Å². The summed E-state index contributed by atoms with van der Waals surface area (Å²) in [4.78, 5) is 4.77. The van der Waals surface area contributed by atoms with E-state index in [-0.39, 0.29) is 0 Å². The Morgan fingerprint density at radius 3 is 1.62 bits per heavy atom. The van der Waals surface area contributed by atoms with Crippen molar-refractivity contribution in [1.29, 1.82) is 0 Å². The third kappa shape index (κ3) is 6.84. The molecule has 2 heterocycles. The third-order valence-electron chi connectivity index (χ3n) is 14.3. The Labute approximate surface area is 417 Å². The minimum absolute atomic E-state index is 0.852. The molecule has 4 heteroatoms. The highest BCUT2D eigenvalue weighted by Gasteiger charge is 2.24. The molecular weight excluding hydrogens is 875 g/mol. The second-order valence-corrected chi connectivity index (χ2v) is 18.5. The maximum absolute atomic E-state index is 6.46. The molecule has 0 amide bonds. The third-order valence-corrected chi connectivity index (χ3v) is 14.3. The second kappa shape index (κ2) is 17.1. The molecule has 0 aliphatic rings. The lowest BCUT2D eigenvalue weighted by atomic mass is 9.94. The monoisotopic (exact) mass is 919 g/mol. The Kier molecular flexibility index (Phi) is 9.82. The van der Waals surface area contributed by atoms with Crippen LogP contribution in [0, 0.1) is 0 Å². The Balaban J connectivity index is 0.994. The Hall–Kier alpha value is -9.64. The first-order valence-corrected chi connectivity index (χ1v) is 24.6. The van der Waals surface area contributed by atoms with Crippen molar-refractivity contribution in [1.82, 2.24) is 4.57 Å². The molecule has 0 aliphatic heterocycles. The molecule has 0 atom stereocenters. The van der Waals surface area contributed by atoms with Crippen LogP contribution in [0.25, 0.3) is 93.2 Å². The molecule has 338 valence electrons. The van der Waals surface area contributed by atoms with Crippen LogP contribution in [-0.4, -0.2) is 4.57 Å². The SMILES string of the molecule is c1ccc(-c2cccc(N(c3cccc(-c4cc5c(c6ccccc46)c4ccc6ccccc6c4n5-c4ccccc4)c3)c3cccc(N(c4ccccc4)c4cccc5oc6ccccc6c45)c3)c2)cc1. The molecule has 0 fully saturated rings. The van der Waals surface area contributed by atoms with Crippen molar-refractivity contribution in [3.05, 3.63) is 273 Å². The molecule has 14 aromatic rings. The highest BCUT2D eigenvalue weighted by atomic mass is 16.3. The van der Waals surface area contributed by atoms with Gasteiger partial charge < -0.3 is 18.8 Å². The van der Waals surface area contributed by atoms with Crippen LogP contribution in [0.3, 0.4) is 0 Å². The molecule has 72 heavy (non-hydrogen) atoms. The summed E-state index contributed by atoms with van der Waals surface area (Å²) in [7, 11) is 0. The van der Waals surface area contributed by atoms with Crippen molar-refractivity contribution in [2.45, 2.75) is 0 Å². The summed E-state index contributed by atoms with van der Waals surface area (Å²) in [6.45, 7) is 0. The van der Waals surface area contributed by atoms with Gasteiger partial charge in [-0.15, -0.1) is 0 Å². The minimum Gasteiger partial charge on any atom is -0.456 e. The lowest BCUT2D eigenvalue weighted by Crippen LogP contribution is -2.13. The fourth-order valence-corrected chi connectivity index (χ4v) is 11.2. The molecule has 0 spiro atoms. The number of fused-ring (bicyclic) bond motifs is 10. The first-order chi connectivity index (χ1) is 35.7. The lowest BCUT2D eigenvalue weighted by Gasteiger charge is -2.30. The minimum atomic E-state index is 0.852. The van der Waals surface area contributed by atoms with E-state index in [4.69, 9.17) is 4.42 Å². The van der Waals surface area contributed by atoms with E-state index in [0.29, 0.717) is 0 Å². The molecule has 4 nitrogen and oxygen atoms in total. The number of furan rings is 1. The van der Waals surface area contributed by atoms with Crippen LogP contribution < -0.4 is 9.80 Å². The van der Waals surface area contributed by atoms with Crippen LogP contribution in [0.4, 0.5) is 34.1 Å². The highest BCUT2D eigenvalue weighted by Crippen LogP contribution is 2.47. The van der Waals surface area contributed by atoms with Crippen molar-refractivity contribution in [2.75, 3.05) is 9.80 Å². The first kappa shape index (κ1) is 41.3. The summed E-state index contributed by atoms with van der Waals surface area (Å²) in [5, 5.41) is 9.56. The topological polar surface area (TPSA) is 24.6 Å². The van der Waals surface area contributed by atoms with E-state index in [2.05, 4.69) is 275 Å². The van der Waals surface area contributed by atoms with Gasteiger partial charge in [-0.3, -0.25) is 0 Å². The zero-order valence-electron chi connectivity index (χ0n) is 39.2. The second-order valence-electron chi connectivity index (χ2n) is 18.5. The standard InChI is InChI=1S/C68H45N3O/c1-4-20-46(21-5-1)48-23-16-29-52(42-48)69(54-31-18-32-55(44-54)70(50-25-6-2-7-26-50)62-37-19-39-65-67(62)59-36-14-15-38-64(59)72-65)53-30-17-24-49(43-53)61-45-63-66(58-35-13-12-34-57(58)61)60-41-40-47-22-10-11-33-56(47)68(60)71(63)51-27-8-3-9-28-51/h1-45H. The molecule has 14 rings (SSSR count). The van der Waals surface area contributed by atoms with Crippen LogP contribution >= 0.6 is 0 Å². The average molecular weight is 920 g/mol. The Bertz CT molecular complexity index is 4350. The van der Waals surface area contributed by atoms with E-state index in [1.54, 1.807) is 0 Å². The van der Waals surface area contributed by atoms with Crippen LogP contribution in [-0.2, 0) is 0 Å².